The quantitative estimate of drug-likeness (QED) is 0.617. The second-order valence-electron chi connectivity index (χ2n) is 6.59. The van der Waals surface area contributed by atoms with Gasteiger partial charge >= 0.3 is 11.6 Å². The molecule has 0 aromatic carbocycles. The molecule has 0 saturated carbocycles. The number of carbonyl (C=O) groups excluding carboxylic acids is 1. The molecule has 1 saturated heterocycles. The molecule has 152 valence electrons. The highest BCUT2D eigenvalue weighted by Gasteiger charge is 2.59. The molecule has 2 heterocycles. The van der Waals surface area contributed by atoms with Crippen LogP contribution in [0.15, 0.2) is 17.1 Å². The lowest BCUT2D eigenvalue weighted by atomic mass is 9.97. The molecule has 1 fully saturated rings. The van der Waals surface area contributed by atoms with Gasteiger partial charge in [-0.15, -0.1) is 0 Å². The van der Waals surface area contributed by atoms with E-state index in [1.807, 2.05) is 13.8 Å². The van der Waals surface area contributed by atoms with Crippen LogP contribution in [0.3, 0.4) is 0 Å². The van der Waals surface area contributed by atoms with Crippen molar-refractivity contribution < 1.29 is 28.5 Å². The van der Waals surface area contributed by atoms with E-state index in [0.29, 0.717) is 17.4 Å². The van der Waals surface area contributed by atoms with Crippen LogP contribution in [0.2, 0.25) is 0 Å². The molecule has 1 aliphatic heterocycles. The number of aliphatic hydroxyl groups is 2. The topological polar surface area (TPSA) is 114 Å². The second-order valence-corrected chi connectivity index (χ2v) is 6.59. The van der Waals surface area contributed by atoms with Crippen LogP contribution in [0.25, 0.3) is 0 Å². The van der Waals surface area contributed by atoms with E-state index in [0.717, 1.165) is 19.0 Å². The number of amides is 1. The predicted octanol–water partition coefficient (Wildman–Crippen LogP) is 1.28. The van der Waals surface area contributed by atoms with Crippen LogP contribution >= 0.6 is 0 Å². The lowest BCUT2D eigenvalue weighted by molar-refractivity contribution is -0.141. The summed E-state index contributed by atoms with van der Waals surface area (Å²) >= 11 is 0. The van der Waals surface area contributed by atoms with E-state index in [1.165, 1.54) is 6.07 Å². The maximum atomic E-state index is 14.1. The third-order valence-electron chi connectivity index (χ3n) is 4.54. The maximum Gasteiger partial charge on any atom is 0.351 e. The van der Waals surface area contributed by atoms with Gasteiger partial charge in [-0.2, -0.15) is 13.8 Å². The smallest absolute Gasteiger partial charge is 0.351 e. The predicted molar refractivity (Wildman–Crippen MR) is 92.4 cm³/mol. The first-order chi connectivity index (χ1) is 12.8. The number of aromatic nitrogens is 2. The Kier molecular flexibility index (Phi) is 7.01. The Morgan fingerprint density at radius 3 is 2.52 bits per heavy atom. The first-order valence-electron chi connectivity index (χ1n) is 8.98. The number of hydrogen-bond donors (Lipinski definition) is 3. The number of nitrogens with one attached hydrogen (secondary N) is 1. The second kappa shape index (κ2) is 8.85. The number of rotatable bonds is 8. The molecular formula is C17H25F2N3O5. The first kappa shape index (κ1) is 21.4. The number of alkyl halides is 2. The summed E-state index contributed by atoms with van der Waals surface area (Å²) in [6, 6.07) is 1.21. The van der Waals surface area contributed by atoms with E-state index >= 15 is 0 Å². The van der Waals surface area contributed by atoms with Crippen LogP contribution in [-0.4, -0.2) is 50.4 Å². The van der Waals surface area contributed by atoms with Gasteiger partial charge in [-0.3, -0.25) is 9.36 Å². The molecule has 1 aliphatic rings. The lowest BCUT2D eigenvalue weighted by Gasteiger charge is -2.21. The fourth-order valence-electron chi connectivity index (χ4n) is 3.11. The summed E-state index contributed by atoms with van der Waals surface area (Å²) in [4.78, 5) is 28.1. The minimum absolute atomic E-state index is 0.0426. The van der Waals surface area contributed by atoms with Gasteiger partial charge < -0.3 is 20.3 Å². The average Bonchev–Trinajstić information content (AvgIpc) is 2.84. The first-order valence-corrected chi connectivity index (χ1v) is 8.98. The molecule has 0 radical (unpaired) electrons. The monoisotopic (exact) mass is 389 g/mol. The number of nitrogens with zero attached hydrogens (tertiary/aromatic N) is 2. The van der Waals surface area contributed by atoms with Crippen LogP contribution < -0.4 is 11.0 Å². The van der Waals surface area contributed by atoms with Crippen molar-refractivity contribution in [2.45, 2.75) is 63.9 Å². The van der Waals surface area contributed by atoms with Gasteiger partial charge in [0.05, 0.1) is 6.61 Å². The molecule has 1 aromatic rings. The fraction of sp³-hybridized carbons (Fsp3) is 0.706. The van der Waals surface area contributed by atoms with Gasteiger partial charge in [0.2, 0.25) is 12.1 Å². The van der Waals surface area contributed by atoms with Crippen molar-refractivity contribution in [2.24, 2.45) is 5.92 Å². The van der Waals surface area contributed by atoms with E-state index in [-0.39, 0.29) is 17.6 Å². The van der Waals surface area contributed by atoms with E-state index in [1.54, 1.807) is 0 Å². The Labute approximate surface area is 155 Å². The van der Waals surface area contributed by atoms with Crippen molar-refractivity contribution in [3.05, 3.63) is 22.7 Å². The number of anilines is 1. The molecule has 1 amide bonds. The Morgan fingerprint density at radius 2 is 2.04 bits per heavy atom. The van der Waals surface area contributed by atoms with Gasteiger partial charge in [0.25, 0.3) is 0 Å². The van der Waals surface area contributed by atoms with Gasteiger partial charge in [-0.1, -0.05) is 26.7 Å². The minimum atomic E-state index is -3.78. The van der Waals surface area contributed by atoms with E-state index in [2.05, 4.69) is 10.3 Å². The van der Waals surface area contributed by atoms with Crippen LogP contribution in [0.4, 0.5) is 14.6 Å². The van der Waals surface area contributed by atoms with Crippen LogP contribution in [0.1, 0.15) is 45.8 Å². The van der Waals surface area contributed by atoms with Crippen LogP contribution in [-0.2, 0) is 9.53 Å². The van der Waals surface area contributed by atoms with E-state index < -0.39 is 36.7 Å². The molecule has 0 spiro atoms. The Balaban J connectivity index is 2.18. The molecule has 2 rings (SSSR count). The highest BCUT2D eigenvalue weighted by molar-refractivity contribution is 5.91. The van der Waals surface area contributed by atoms with Gasteiger partial charge in [0.1, 0.15) is 11.9 Å². The Hall–Kier alpha value is -1.91. The lowest BCUT2D eigenvalue weighted by Crippen LogP contribution is -2.41. The summed E-state index contributed by atoms with van der Waals surface area (Å²) in [5.41, 5.74) is -1.06. The highest BCUT2D eigenvalue weighted by atomic mass is 19.3. The molecule has 3 atom stereocenters. The molecule has 0 aliphatic carbocycles. The molecular weight excluding hydrogens is 364 g/mol. The number of halogens is 2. The summed E-state index contributed by atoms with van der Waals surface area (Å²) in [7, 11) is 0. The number of hydrogen-bond acceptors (Lipinski definition) is 6. The standard InChI is InChI=1S/C17H25F2N3O5/c1-3-5-10(6-4-2)14(25)20-12-7-8-22(16(26)21-12)15-17(18,19)13(24)11(9-23)27-15/h7-8,10-11,13,15,23-24H,3-6,9H2,1-2H3,(H,20,21,25,26)/t11-,13?,15-/m1/s1. The summed E-state index contributed by atoms with van der Waals surface area (Å²) in [5.74, 6) is -4.32. The molecule has 1 aromatic heterocycles. The van der Waals surface area contributed by atoms with Gasteiger partial charge in [-0.05, 0) is 18.9 Å². The van der Waals surface area contributed by atoms with Crippen LogP contribution in [0, 0.1) is 5.92 Å². The zero-order valence-electron chi connectivity index (χ0n) is 15.3. The summed E-state index contributed by atoms with van der Waals surface area (Å²) in [5, 5.41) is 21.1. The minimum Gasteiger partial charge on any atom is -0.394 e. The van der Waals surface area contributed by atoms with Crippen molar-refractivity contribution in [3.63, 3.8) is 0 Å². The largest absolute Gasteiger partial charge is 0.394 e. The number of ether oxygens (including phenoxy) is 1. The van der Waals surface area contributed by atoms with Crippen molar-refractivity contribution in [2.75, 3.05) is 11.9 Å². The molecule has 10 heteroatoms. The SMILES string of the molecule is CCCC(CCC)C(=O)Nc1ccn([C@@H]2O[C@H](CO)C(O)C2(F)F)c(=O)n1. The molecule has 1 unspecified atom stereocenters. The van der Waals surface area contributed by atoms with Gasteiger partial charge in [0, 0.05) is 12.1 Å². The molecule has 3 N–H and O–H groups in total. The third-order valence-corrected chi connectivity index (χ3v) is 4.54. The molecule has 27 heavy (non-hydrogen) atoms. The summed E-state index contributed by atoms with van der Waals surface area (Å²) in [6.07, 6.45) is -1.79. The fourth-order valence-corrected chi connectivity index (χ4v) is 3.11. The zero-order chi connectivity index (χ0) is 20.2. The van der Waals surface area contributed by atoms with Crippen molar-refractivity contribution >= 4 is 11.7 Å². The van der Waals surface area contributed by atoms with Crippen molar-refractivity contribution in [1.82, 2.24) is 9.55 Å². The average molecular weight is 389 g/mol. The van der Waals surface area contributed by atoms with Crippen LogP contribution in [0.5, 0.6) is 0 Å². The number of carbonyl (C=O) groups is 1. The maximum absolute atomic E-state index is 14.1. The van der Waals surface area contributed by atoms with Gasteiger partial charge in [0.15, 0.2) is 6.10 Å². The highest BCUT2D eigenvalue weighted by Crippen LogP contribution is 2.41. The molecule has 8 nitrogen and oxygen atoms in total. The third kappa shape index (κ3) is 4.50. The summed E-state index contributed by atoms with van der Waals surface area (Å²) in [6.45, 7) is 3.11. The van der Waals surface area contributed by atoms with Gasteiger partial charge in [-0.25, -0.2) is 4.79 Å². The van der Waals surface area contributed by atoms with E-state index in [9.17, 15) is 23.5 Å². The Bertz CT molecular complexity index is 706. The normalized spacial score (nSPS) is 24.3. The van der Waals surface area contributed by atoms with E-state index in [4.69, 9.17) is 9.84 Å². The molecule has 0 bridgehead atoms. The summed E-state index contributed by atoms with van der Waals surface area (Å²) < 4.78 is 33.7. The van der Waals surface area contributed by atoms with Crippen molar-refractivity contribution in [1.29, 1.82) is 0 Å². The zero-order valence-corrected chi connectivity index (χ0v) is 15.3. The van der Waals surface area contributed by atoms with Crippen molar-refractivity contribution in [3.8, 4) is 0 Å². The Morgan fingerprint density at radius 1 is 1.41 bits per heavy atom. The number of aliphatic hydroxyl groups excluding tert-OH is 2.